The van der Waals surface area contributed by atoms with Crippen molar-refractivity contribution in [2.75, 3.05) is 5.32 Å². The molecule has 0 bridgehead atoms. The first-order valence-corrected chi connectivity index (χ1v) is 9.73. The molecule has 3 N–H and O–H groups in total. The molecule has 3 aromatic carbocycles. The number of hydrogen-bond donors (Lipinski definition) is 2. The fraction of sp³-hybridized carbons (Fsp3) is 0.174. The van der Waals surface area contributed by atoms with Gasteiger partial charge in [0, 0.05) is 16.1 Å². The normalized spacial score (nSPS) is 27.1. The Morgan fingerprint density at radius 2 is 1.60 bits per heavy atom. The predicted octanol–water partition coefficient (Wildman–Crippen LogP) is 2.72. The fourth-order valence-electron chi connectivity index (χ4n) is 5.09. The zero-order valence-corrected chi connectivity index (χ0v) is 15.9. The molecule has 1 saturated heterocycles. The first-order chi connectivity index (χ1) is 14.5. The number of nitrogens with one attached hydrogen (secondary N) is 1. The summed E-state index contributed by atoms with van der Waals surface area (Å²) < 4.78 is 14.2. The van der Waals surface area contributed by atoms with Gasteiger partial charge in [-0.05, 0) is 23.8 Å². The highest BCUT2D eigenvalue weighted by molar-refractivity contribution is 6.05. The molecule has 4 atom stereocenters. The first-order valence-electron chi connectivity index (χ1n) is 9.73. The van der Waals surface area contributed by atoms with Gasteiger partial charge in [-0.1, -0.05) is 60.7 Å². The predicted molar refractivity (Wildman–Crippen MR) is 108 cm³/mol. The Balaban J connectivity index is 1.79. The van der Waals surface area contributed by atoms with Crippen LogP contribution in [-0.4, -0.2) is 16.9 Å². The van der Waals surface area contributed by atoms with Crippen LogP contribution in [0.15, 0.2) is 78.9 Å². The zero-order valence-electron chi connectivity index (χ0n) is 15.9. The van der Waals surface area contributed by atoms with Crippen molar-refractivity contribution >= 4 is 11.6 Å². The molecular weight excluding hydrogens is 385 g/mol. The molecule has 150 valence electrons. The van der Waals surface area contributed by atoms with Gasteiger partial charge in [0.15, 0.2) is 6.04 Å². The molecule has 2 heterocycles. The molecule has 0 saturated carbocycles. The average molecular weight is 404 g/mol. The average Bonchev–Trinajstić information content (AvgIpc) is 3.26. The summed E-state index contributed by atoms with van der Waals surface area (Å²) >= 11 is 0. The van der Waals surface area contributed by atoms with Crippen LogP contribution in [0, 0.1) is 15.9 Å². The first kappa shape index (κ1) is 18.4. The lowest BCUT2D eigenvalue weighted by atomic mass is 9.74. The Labute approximate surface area is 171 Å². The van der Waals surface area contributed by atoms with Crippen molar-refractivity contribution in [3.8, 4) is 0 Å². The third-order valence-corrected chi connectivity index (χ3v) is 6.28. The third kappa shape index (κ3) is 2.55. The monoisotopic (exact) mass is 404 g/mol. The number of nitro groups is 1. The summed E-state index contributed by atoms with van der Waals surface area (Å²) in [6, 6.07) is 20.6. The smallest absolute Gasteiger partial charge is 0.291 e. The van der Waals surface area contributed by atoms with Crippen LogP contribution in [0.1, 0.15) is 28.7 Å². The lowest BCUT2D eigenvalue weighted by molar-refractivity contribution is -0.749. The van der Waals surface area contributed by atoms with E-state index in [0.717, 1.165) is 5.56 Å². The number of nitrogens with two attached hydrogens (primary N) is 1. The van der Waals surface area contributed by atoms with Gasteiger partial charge in [0.2, 0.25) is 5.54 Å². The second kappa shape index (κ2) is 6.74. The van der Waals surface area contributed by atoms with Gasteiger partial charge in [-0.2, -0.15) is 0 Å². The molecule has 1 amide bonds. The second-order valence-corrected chi connectivity index (χ2v) is 7.78. The van der Waals surface area contributed by atoms with Crippen LogP contribution in [0.4, 0.5) is 10.1 Å². The Bertz CT molecular complexity index is 1140. The molecule has 0 aliphatic carbocycles. The van der Waals surface area contributed by atoms with E-state index in [0.29, 0.717) is 16.8 Å². The highest BCUT2D eigenvalue weighted by Gasteiger charge is 2.71. The van der Waals surface area contributed by atoms with Gasteiger partial charge in [0.25, 0.3) is 11.9 Å². The quantitative estimate of drug-likeness (QED) is 0.520. The number of halogens is 1. The summed E-state index contributed by atoms with van der Waals surface area (Å²) in [5.74, 6) is -1.62. The van der Waals surface area contributed by atoms with E-state index in [1.807, 2.05) is 36.4 Å². The molecule has 0 aromatic heterocycles. The summed E-state index contributed by atoms with van der Waals surface area (Å²) in [6.45, 7) is 0. The molecule has 2 aliphatic rings. The van der Waals surface area contributed by atoms with Crippen LogP contribution in [0.3, 0.4) is 0 Å². The van der Waals surface area contributed by atoms with E-state index in [1.165, 1.54) is 18.2 Å². The molecule has 1 spiro atoms. The number of nitrogens with zero attached hydrogens (tertiary/aromatic N) is 1. The van der Waals surface area contributed by atoms with Gasteiger partial charge in [-0.25, -0.2) is 4.39 Å². The summed E-state index contributed by atoms with van der Waals surface area (Å²) in [7, 11) is 0. The molecule has 7 heteroatoms. The van der Waals surface area contributed by atoms with Gasteiger partial charge in [0.1, 0.15) is 11.7 Å². The third-order valence-electron chi connectivity index (χ3n) is 6.28. The van der Waals surface area contributed by atoms with Crippen molar-refractivity contribution < 1.29 is 19.4 Å². The van der Waals surface area contributed by atoms with Gasteiger partial charge in [-0.3, -0.25) is 14.9 Å². The van der Waals surface area contributed by atoms with Gasteiger partial charge in [-0.15, -0.1) is 0 Å². The molecule has 6 nitrogen and oxygen atoms in total. The molecule has 0 unspecified atom stereocenters. The van der Waals surface area contributed by atoms with Crippen molar-refractivity contribution in [2.24, 2.45) is 0 Å². The van der Waals surface area contributed by atoms with Crippen LogP contribution >= 0.6 is 0 Å². The van der Waals surface area contributed by atoms with Crippen molar-refractivity contribution in [1.82, 2.24) is 0 Å². The zero-order chi connectivity index (χ0) is 20.9. The number of fused-ring (bicyclic) bond motifs is 2. The summed E-state index contributed by atoms with van der Waals surface area (Å²) in [4.78, 5) is 25.5. The maximum absolute atomic E-state index is 14.2. The van der Waals surface area contributed by atoms with Gasteiger partial charge in [0.05, 0.1) is 5.69 Å². The van der Waals surface area contributed by atoms with Crippen LogP contribution in [0.5, 0.6) is 0 Å². The summed E-state index contributed by atoms with van der Waals surface area (Å²) in [5.41, 5.74) is 1.05. The van der Waals surface area contributed by atoms with Crippen LogP contribution in [0.25, 0.3) is 0 Å². The number of rotatable bonds is 3. The molecule has 30 heavy (non-hydrogen) atoms. The van der Waals surface area contributed by atoms with Crippen LogP contribution < -0.4 is 10.6 Å². The number of amides is 1. The summed E-state index contributed by atoms with van der Waals surface area (Å²) in [5, 5.41) is 17.0. The Kier molecular flexibility index (Phi) is 4.15. The maximum atomic E-state index is 14.2. The topological polar surface area (TPSA) is 88.8 Å². The number of anilines is 1. The minimum absolute atomic E-state index is 0.300. The lowest BCUT2D eigenvalue weighted by Gasteiger charge is -2.26. The van der Waals surface area contributed by atoms with Crippen molar-refractivity contribution in [1.29, 1.82) is 0 Å². The number of carbonyl (C=O) groups is 1. The van der Waals surface area contributed by atoms with Gasteiger partial charge < -0.3 is 10.6 Å². The van der Waals surface area contributed by atoms with E-state index >= 15 is 0 Å². The Morgan fingerprint density at radius 1 is 0.967 bits per heavy atom. The van der Waals surface area contributed by atoms with E-state index in [-0.39, 0.29) is 10.8 Å². The highest BCUT2D eigenvalue weighted by atomic mass is 19.1. The molecule has 2 aliphatic heterocycles. The Hall–Kier alpha value is -3.58. The molecule has 3 aromatic rings. The number of benzene rings is 3. The van der Waals surface area contributed by atoms with Crippen LogP contribution in [-0.2, 0) is 10.3 Å². The fourth-order valence-corrected chi connectivity index (χ4v) is 5.09. The largest absolute Gasteiger partial charge is 0.320 e. The van der Waals surface area contributed by atoms with E-state index in [2.05, 4.69) is 5.32 Å². The molecule has 0 radical (unpaired) electrons. The number of hydrogen-bond acceptors (Lipinski definition) is 3. The maximum Gasteiger partial charge on any atom is 0.291 e. The van der Waals surface area contributed by atoms with E-state index in [1.54, 1.807) is 29.6 Å². The van der Waals surface area contributed by atoms with Crippen molar-refractivity contribution in [2.45, 2.75) is 23.5 Å². The van der Waals surface area contributed by atoms with Crippen molar-refractivity contribution in [3.05, 3.63) is 111 Å². The lowest BCUT2D eigenvalue weighted by Crippen LogP contribution is -2.95. The van der Waals surface area contributed by atoms with Crippen LogP contribution in [0.2, 0.25) is 0 Å². The second-order valence-electron chi connectivity index (χ2n) is 7.78. The standard InChI is InChI=1S/C23H18FN3O3/c24-16-11-12-18-17(13-16)23(22(28)25-18)19(14-7-3-1-4-8-14)21(27(29)30)20(26-23)15-9-5-2-6-10-15/h1-13,19-21,26H,(H,25,28)/p+1/t19-,20-,21-,23-/m0/s1. The number of carbonyl (C=O) groups excluding carboxylic acids is 1. The summed E-state index contributed by atoms with van der Waals surface area (Å²) in [6.07, 6.45) is 0. The number of quaternary nitrogens is 1. The molecule has 1 fully saturated rings. The Morgan fingerprint density at radius 3 is 2.23 bits per heavy atom. The molecule has 5 rings (SSSR count). The minimum Gasteiger partial charge on any atom is -0.320 e. The SMILES string of the molecule is O=C1Nc2ccc(F)cc2[C@@]12[NH2+][C@@H](c1ccccc1)[C@@H]([N+](=O)[O-])[C@@H]2c1ccccc1. The van der Waals surface area contributed by atoms with E-state index < -0.39 is 29.4 Å². The molecular formula is C23H19FN3O3+. The van der Waals surface area contributed by atoms with E-state index in [9.17, 15) is 19.3 Å². The highest BCUT2D eigenvalue weighted by Crippen LogP contribution is 2.50. The van der Waals surface area contributed by atoms with Gasteiger partial charge >= 0.3 is 0 Å². The minimum atomic E-state index is -1.34. The van der Waals surface area contributed by atoms with E-state index in [4.69, 9.17) is 0 Å². The van der Waals surface area contributed by atoms with Crippen molar-refractivity contribution in [3.63, 3.8) is 0 Å².